The fraction of sp³-hybridized carbons (Fsp3) is 0.577. The van der Waals surface area contributed by atoms with Gasteiger partial charge in [0, 0.05) is 38.7 Å². The van der Waals surface area contributed by atoms with Gasteiger partial charge in [-0.05, 0) is 49.7 Å². The summed E-state index contributed by atoms with van der Waals surface area (Å²) in [6.45, 7) is 2.79. The summed E-state index contributed by atoms with van der Waals surface area (Å²) in [4.78, 5) is 69.3. The van der Waals surface area contributed by atoms with E-state index in [4.69, 9.17) is 0 Å². The average Bonchev–Trinajstić information content (AvgIpc) is 3.64. The van der Waals surface area contributed by atoms with Gasteiger partial charge in [0.1, 0.15) is 11.7 Å². The van der Waals surface area contributed by atoms with Crippen LogP contribution in [0.3, 0.4) is 0 Å². The number of pyridine rings is 1. The first-order valence-corrected chi connectivity index (χ1v) is 12.9. The predicted molar refractivity (Wildman–Crippen MR) is 132 cm³/mol. The van der Waals surface area contributed by atoms with Crippen molar-refractivity contribution in [3.8, 4) is 0 Å². The van der Waals surface area contributed by atoms with E-state index in [1.807, 2.05) is 0 Å². The Kier molecular flexibility index (Phi) is 6.44. The molecule has 0 spiro atoms. The molecule has 1 saturated carbocycles. The molecular formula is C26H33N5O5. The van der Waals surface area contributed by atoms with Crippen molar-refractivity contribution >= 4 is 34.4 Å². The minimum absolute atomic E-state index is 0.0263. The van der Waals surface area contributed by atoms with E-state index >= 15 is 0 Å². The molecule has 3 amide bonds. The van der Waals surface area contributed by atoms with Crippen molar-refractivity contribution in [1.29, 1.82) is 0 Å². The summed E-state index contributed by atoms with van der Waals surface area (Å²) in [5.74, 6) is -0.919. The first-order chi connectivity index (χ1) is 17.3. The molecule has 3 N–H and O–H groups in total. The standard InChI is InChI=1S/C26H33N5O5/c1-3-21(32)19(11-14-7-9-27-23(14)33)29-24(34)22-16-6-4-5-15(16)13-31(22)26(36)20-12-17-18(28-20)8-10-30(2)25(17)35/h8,10,12,14-16,19,22,28H,3-7,9,11,13H2,1-2H3,(H,27,33)(H,29,34). The number of amides is 3. The van der Waals surface area contributed by atoms with Crippen LogP contribution in [-0.2, 0) is 21.4 Å². The van der Waals surface area contributed by atoms with Crippen LogP contribution in [0.2, 0.25) is 0 Å². The van der Waals surface area contributed by atoms with Gasteiger partial charge in [0.25, 0.3) is 11.5 Å². The molecule has 2 aromatic heterocycles. The summed E-state index contributed by atoms with van der Waals surface area (Å²) < 4.78 is 1.45. The Morgan fingerprint density at radius 3 is 2.72 bits per heavy atom. The summed E-state index contributed by atoms with van der Waals surface area (Å²) in [6.07, 6.45) is 5.60. The van der Waals surface area contributed by atoms with Crippen LogP contribution >= 0.6 is 0 Å². The molecule has 5 rings (SSSR count). The lowest BCUT2D eigenvalue weighted by molar-refractivity contribution is -0.132. The molecule has 2 aromatic rings. The van der Waals surface area contributed by atoms with Crippen molar-refractivity contribution in [2.45, 2.75) is 57.5 Å². The van der Waals surface area contributed by atoms with Gasteiger partial charge >= 0.3 is 0 Å². The average molecular weight is 496 g/mol. The minimum Gasteiger partial charge on any atom is -0.356 e. The van der Waals surface area contributed by atoms with Crippen LogP contribution < -0.4 is 16.2 Å². The van der Waals surface area contributed by atoms with Crippen LogP contribution in [0.4, 0.5) is 0 Å². The summed E-state index contributed by atoms with van der Waals surface area (Å²) in [5.41, 5.74) is 0.646. The van der Waals surface area contributed by atoms with E-state index in [0.717, 1.165) is 19.3 Å². The van der Waals surface area contributed by atoms with Gasteiger partial charge in [0.15, 0.2) is 5.78 Å². The molecule has 4 heterocycles. The number of rotatable bonds is 7. The zero-order valence-corrected chi connectivity index (χ0v) is 20.7. The number of nitrogens with one attached hydrogen (secondary N) is 3. The third-order valence-corrected chi connectivity index (χ3v) is 8.25. The number of hydrogen-bond donors (Lipinski definition) is 3. The van der Waals surface area contributed by atoms with E-state index in [1.165, 1.54) is 4.57 Å². The Bertz CT molecular complexity index is 1280. The highest BCUT2D eigenvalue weighted by molar-refractivity contribution is 6.01. The van der Waals surface area contributed by atoms with E-state index in [9.17, 15) is 24.0 Å². The fourth-order valence-electron chi connectivity index (χ4n) is 6.27. The van der Waals surface area contributed by atoms with Gasteiger partial charge in [0.05, 0.1) is 16.9 Å². The van der Waals surface area contributed by atoms with Gasteiger partial charge < -0.3 is 25.1 Å². The molecule has 2 saturated heterocycles. The number of aromatic nitrogens is 2. The van der Waals surface area contributed by atoms with E-state index in [-0.39, 0.29) is 65.4 Å². The Morgan fingerprint density at radius 1 is 1.19 bits per heavy atom. The Labute approximate surface area is 208 Å². The van der Waals surface area contributed by atoms with Crippen molar-refractivity contribution in [3.05, 3.63) is 34.4 Å². The van der Waals surface area contributed by atoms with Crippen molar-refractivity contribution in [3.63, 3.8) is 0 Å². The second kappa shape index (κ2) is 9.55. The van der Waals surface area contributed by atoms with Crippen molar-refractivity contribution in [2.24, 2.45) is 24.8 Å². The quantitative estimate of drug-likeness (QED) is 0.529. The van der Waals surface area contributed by atoms with Gasteiger partial charge in [-0.25, -0.2) is 0 Å². The molecule has 2 aliphatic heterocycles. The van der Waals surface area contributed by atoms with Crippen molar-refractivity contribution < 1.29 is 19.2 Å². The smallest absolute Gasteiger partial charge is 0.271 e. The number of nitrogens with zero attached hydrogens (tertiary/aromatic N) is 2. The molecule has 3 fully saturated rings. The lowest BCUT2D eigenvalue weighted by atomic mass is 9.91. The summed E-state index contributed by atoms with van der Waals surface area (Å²) in [5, 5.41) is 6.13. The minimum atomic E-state index is -0.759. The fourth-order valence-corrected chi connectivity index (χ4v) is 6.27. The Morgan fingerprint density at radius 2 is 2.00 bits per heavy atom. The number of Topliss-reactive ketones (excluding diaryl/α,β-unsaturated/α-hetero) is 1. The van der Waals surface area contributed by atoms with Gasteiger partial charge in [-0.3, -0.25) is 24.0 Å². The first-order valence-electron chi connectivity index (χ1n) is 12.9. The number of aromatic amines is 1. The predicted octanol–water partition coefficient (Wildman–Crippen LogP) is 1.10. The molecule has 5 atom stereocenters. The van der Waals surface area contributed by atoms with Crippen LogP contribution in [0.5, 0.6) is 0 Å². The van der Waals surface area contributed by atoms with Crippen LogP contribution in [0.15, 0.2) is 23.1 Å². The van der Waals surface area contributed by atoms with Crippen LogP contribution in [0.25, 0.3) is 10.9 Å². The highest BCUT2D eigenvalue weighted by atomic mass is 16.2. The van der Waals surface area contributed by atoms with E-state index < -0.39 is 12.1 Å². The number of carbonyl (C=O) groups is 4. The maximum atomic E-state index is 13.7. The summed E-state index contributed by atoms with van der Waals surface area (Å²) >= 11 is 0. The second-order valence-electron chi connectivity index (χ2n) is 10.4. The van der Waals surface area contributed by atoms with Crippen LogP contribution in [-0.4, -0.2) is 63.1 Å². The second-order valence-corrected chi connectivity index (χ2v) is 10.4. The summed E-state index contributed by atoms with van der Waals surface area (Å²) in [7, 11) is 1.65. The molecule has 10 nitrogen and oxygen atoms in total. The third kappa shape index (κ3) is 4.22. The molecule has 0 aromatic carbocycles. The largest absolute Gasteiger partial charge is 0.356 e. The van der Waals surface area contributed by atoms with Gasteiger partial charge in [-0.2, -0.15) is 0 Å². The van der Waals surface area contributed by atoms with Gasteiger partial charge in [-0.15, -0.1) is 0 Å². The molecule has 3 aliphatic rings. The lowest BCUT2D eigenvalue weighted by Crippen LogP contribution is -2.53. The maximum absolute atomic E-state index is 13.7. The lowest BCUT2D eigenvalue weighted by Gasteiger charge is -2.29. The molecular weight excluding hydrogens is 462 g/mol. The number of fused-ring (bicyclic) bond motifs is 2. The van der Waals surface area contributed by atoms with Crippen LogP contribution in [0.1, 0.15) is 55.9 Å². The molecule has 1 aliphatic carbocycles. The van der Waals surface area contributed by atoms with Gasteiger partial charge in [0.2, 0.25) is 11.8 Å². The molecule has 36 heavy (non-hydrogen) atoms. The molecule has 10 heteroatoms. The zero-order valence-electron chi connectivity index (χ0n) is 20.7. The number of ketones is 1. The number of aryl methyl sites for hydroxylation is 1. The monoisotopic (exact) mass is 495 g/mol. The number of carbonyl (C=O) groups excluding carboxylic acids is 4. The van der Waals surface area contributed by atoms with Crippen LogP contribution in [0, 0.1) is 17.8 Å². The third-order valence-electron chi connectivity index (χ3n) is 8.25. The van der Waals surface area contributed by atoms with E-state index in [2.05, 4.69) is 15.6 Å². The van der Waals surface area contributed by atoms with E-state index in [1.54, 1.807) is 37.2 Å². The highest BCUT2D eigenvalue weighted by Gasteiger charge is 2.50. The summed E-state index contributed by atoms with van der Waals surface area (Å²) in [6, 6.07) is 1.86. The first kappa shape index (κ1) is 24.3. The number of hydrogen-bond acceptors (Lipinski definition) is 5. The molecule has 192 valence electrons. The van der Waals surface area contributed by atoms with Gasteiger partial charge in [-0.1, -0.05) is 13.3 Å². The normalized spacial score (nSPS) is 26.2. The van der Waals surface area contributed by atoms with Crippen molar-refractivity contribution in [2.75, 3.05) is 13.1 Å². The molecule has 0 radical (unpaired) electrons. The van der Waals surface area contributed by atoms with Crippen molar-refractivity contribution in [1.82, 2.24) is 25.1 Å². The number of H-pyrrole nitrogens is 1. The van der Waals surface area contributed by atoms with E-state index in [0.29, 0.717) is 30.4 Å². The topological polar surface area (TPSA) is 133 Å². The maximum Gasteiger partial charge on any atom is 0.271 e. The Hall–Kier alpha value is -3.43. The SMILES string of the molecule is CCC(=O)C(CC1CCNC1=O)NC(=O)C1C2CCCC2CN1C(=O)c1cc2c(=O)n(C)ccc2[nH]1. The molecule has 0 bridgehead atoms. The zero-order chi connectivity index (χ0) is 25.6. The highest BCUT2D eigenvalue weighted by Crippen LogP contribution is 2.43. The Balaban J connectivity index is 1.40. The number of likely N-dealkylation sites (tertiary alicyclic amines) is 1. The molecule has 5 unspecified atom stereocenters.